The van der Waals surface area contributed by atoms with Gasteiger partial charge in [-0.1, -0.05) is 13.8 Å². The molecule has 0 aliphatic rings. The molecule has 3 amide bonds. The summed E-state index contributed by atoms with van der Waals surface area (Å²) < 4.78 is 0. The van der Waals surface area contributed by atoms with E-state index in [0.29, 0.717) is 6.42 Å². The Kier molecular flexibility index (Phi) is 13.5. The van der Waals surface area contributed by atoms with Crippen LogP contribution in [0.2, 0.25) is 0 Å². The van der Waals surface area contributed by atoms with Crippen molar-refractivity contribution in [2.75, 3.05) is 12.3 Å². The summed E-state index contributed by atoms with van der Waals surface area (Å²) in [5.41, 5.74) is 16.2. The third-order valence-corrected chi connectivity index (χ3v) is 4.73. The Balaban J connectivity index is 5.14. The number of amides is 3. The van der Waals surface area contributed by atoms with Crippen LogP contribution in [-0.2, 0) is 24.0 Å². The highest BCUT2D eigenvalue weighted by molar-refractivity contribution is 7.80. The lowest BCUT2D eigenvalue weighted by Gasteiger charge is -2.24. The van der Waals surface area contributed by atoms with E-state index in [1.807, 2.05) is 0 Å². The number of carboxylic acids is 2. The number of carboxylic acid groups (broad SMARTS) is 2. The first-order valence-corrected chi connectivity index (χ1v) is 10.7. The van der Waals surface area contributed by atoms with E-state index in [1.165, 1.54) is 0 Å². The number of nitrogens with zero attached hydrogens (tertiary/aromatic N) is 1. The summed E-state index contributed by atoms with van der Waals surface area (Å²) in [6.07, 6.45) is -0.176. The van der Waals surface area contributed by atoms with Gasteiger partial charge in [-0.15, -0.1) is 0 Å². The molecule has 0 aromatic heterocycles. The molecule has 0 spiro atoms. The van der Waals surface area contributed by atoms with Crippen molar-refractivity contribution in [3.63, 3.8) is 0 Å². The van der Waals surface area contributed by atoms with E-state index in [0.717, 1.165) is 0 Å². The predicted molar refractivity (Wildman–Crippen MR) is 122 cm³/mol. The van der Waals surface area contributed by atoms with Gasteiger partial charge in [0.2, 0.25) is 17.7 Å². The summed E-state index contributed by atoms with van der Waals surface area (Å²) in [5, 5.41) is 25.1. The highest BCUT2D eigenvalue weighted by Gasteiger charge is 2.32. The van der Waals surface area contributed by atoms with Crippen LogP contribution in [0.4, 0.5) is 0 Å². The molecule has 0 rings (SSSR count). The number of nitrogens with two attached hydrogens (primary N) is 3. The summed E-state index contributed by atoms with van der Waals surface area (Å²) in [6.45, 7) is 3.37. The van der Waals surface area contributed by atoms with Gasteiger partial charge in [0.15, 0.2) is 5.96 Å². The molecule has 33 heavy (non-hydrogen) atoms. The first kappa shape index (κ1) is 29.9. The number of nitrogens with one attached hydrogen (secondary N) is 3. The molecule has 188 valence electrons. The number of carbonyl (C=O) groups excluding carboxylic acids is 3. The van der Waals surface area contributed by atoms with Crippen LogP contribution in [0.1, 0.15) is 33.1 Å². The lowest BCUT2D eigenvalue weighted by Crippen LogP contribution is -2.58. The fourth-order valence-corrected chi connectivity index (χ4v) is 2.80. The summed E-state index contributed by atoms with van der Waals surface area (Å²) in [6, 6.07) is -5.07. The van der Waals surface area contributed by atoms with Crippen LogP contribution in [-0.4, -0.2) is 82.3 Å². The van der Waals surface area contributed by atoms with Crippen molar-refractivity contribution >= 4 is 48.2 Å². The average Bonchev–Trinajstić information content (AvgIpc) is 2.70. The second kappa shape index (κ2) is 14.9. The molecule has 0 aliphatic carbocycles. The van der Waals surface area contributed by atoms with Gasteiger partial charge in [-0.2, -0.15) is 12.6 Å². The minimum Gasteiger partial charge on any atom is -0.481 e. The zero-order chi connectivity index (χ0) is 25.7. The Hall–Kier alpha value is -3.07. The molecule has 0 heterocycles. The normalized spacial score (nSPS) is 14.3. The highest BCUT2D eigenvalue weighted by Crippen LogP contribution is 2.04. The average molecular weight is 492 g/mol. The van der Waals surface area contributed by atoms with Gasteiger partial charge in [0.25, 0.3) is 0 Å². The van der Waals surface area contributed by atoms with Crippen LogP contribution in [0.3, 0.4) is 0 Å². The van der Waals surface area contributed by atoms with Crippen molar-refractivity contribution in [2.24, 2.45) is 28.1 Å². The topological polar surface area (TPSA) is 252 Å². The molecule has 14 nitrogen and oxygen atoms in total. The molecular weight excluding hydrogens is 458 g/mol. The van der Waals surface area contributed by atoms with Gasteiger partial charge in [-0.05, 0) is 18.8 Å². The summed E-state index contributed by atoms with van der Waals surface area (Å²) in [4.78, 5) is 63.5. The van der Waals surface area contributed by atoms with E-state index < -0.39 is 66.2 Å². The lowest BCUT2D eigenvalue weighted by molar-refractivity contribution is -0.144. The van der Waals surface area contributed by atoms with Crippen molar-refractivity contribution in [3.05, 3.63) is 0 Å². The van der Waals surface area contributed by atoms with Crippen molar-refractivity contribution < 1.29 is 34.2 Å². The highest BCUT2D eigenvalue weighted by atomic mass is 32.1. The third kappa shape index (κ3) is 11.9. The largest absolute Gasteiger partial charge is 0.481 e. The van der Waals surface area contributed by atoms with Gasteiger partial charge in [0.05, 0.1) is 12.5 Å². The molecule has 0 aromatic carbocycles. The standard InChI is InChI=1S/C18H33N7O7S/c1-8(2)13(17(31)32)25-15(29)10(6-12(26)27)23-16(30)11(7-33)24-14(28)9(19)4-3-5-22-18(20)21/h8-11,13,33H,3-7,19H2,1-2H3,(H,23,30)(H,24,28)(H,25,29)(H,26,27)(H,31,32)(H4,20,21,22). The Labute approximate surface area is 196 Å². The Morgan fingerprint density at radius 1 is 0.939 bits per heavy atom. The number of aliphatic carboxylic acids is 2. The summed E-state index contributed by atoms with van der Waals surface area (Å²) >= 11 is 4.00. The number of carbonyl (C=O) groups is 5. The van der Waals surface area contributed by atoms with E-state index in [1.54, 1.807) is 13.8 Å². The molecule has 4 atom stereocenters. The third-order valence-electron chi connectivity index (χ3n) is 4.36. The van der Waals surface area contributed by atoms with Crippen LogP contribution in [0.15, 0.2) is 4.99 Å². The second-order valence-electron chi connectivity index (χ2n) is 7.53. The van der Waals surface area contributed by atoms with Crippen molar-refractivity contribution in [3.8, 4) is 0 Å². The fourth-order valence-electron chi connectivity index (χ4n) is 2.55. The first-order valence-electron chi connectivity index (χ1n) is 10.1. The van der Waals surface area contributed by atoms with Crippen molar-refractivity contribution in [1.82, 2.24) is 16.0 Å². The number of hydrogen-bond donors (Lipinski definition) is 9. The molecule has 0 bridgehead atoms. The molecule has 0 fully saturated rings. The van der Waals surface area contributed by atoms with Gasteiger partial charge in [-0.25, -0.2) is 4.79 Å². The Morgan fingerprint density at radius 2 is 1.48 bits per heavy atom. The summed E-state index contributed by atoms with van der Waals surface area (Å²) in [5.74, 6) is -6.03. The van der Waals surface area contributed by atoms with Crippen LogP contribution < -0.4 is 33.2 Å². The van der Waals surface area contributed by atoms with Crippen molar-refractivity contribution in [2.45, 2.75) is 57.3 Å². The molecule has 0 radical (unpaired) electrons. The molecule has 11 N–H and O–H groups in total. The van der Waals surface area contributed by atoms with E-state index in [4.69, 9.17) is 22.3 Å². The fraction of sp³-hybridized carbons (Fsp3) is 0.667. The van der Waals surface area contributed by atoms with Gasteiger partial charge in [0.1, 0.15) is 18.1 Å². The van der Waals surface area contributed by atoms with Crippen molar-refractivity contribution in [1.29, 1.82) is 0 Å². The monoisotopic (exact) mass is 491 g/mol. The minimum absolute atomic E-state index is 0.0946. The van der Waals surface area contributed by atoms with Gasteiger partial charge >= 0.3 is 11.9 Å². The van der Waals surface area contributed by atoms with E-state index in [2.05, 4.69) is 33.6 Å². The maximum Gasteiger partial charge on any atom is 0.326 e. The summed E-state index contributed by atoms with van der Waals surface area (Å²) in [7, 11) is 0. The molecule has 4 unspecified atom stereocenters. The van der Waals surface area contributed by atoms with Crippen LogP contribution in [0.25, 0.3) is 0 Å². The predicted octanol–water partition coefficient (Wildman–Crippen LogP) is -3.03. The maximum absolute atomic E-state index is 12.6. The van der Waals surface area contributed by atoms with Gasteiger partial charge < -0.3 is 43.4 Å². The van der Waals surface area contributed by atoms with E-state index in [-0.39, 0.29) is 24.7 Å². The van der Waals surface area contributed by atoms with Crippen LogP contribution in [0, 0.1) is 5.92 Å². The first-order chi connectivity index (χ1) is 15.3. The number of guanidine groups is 1. The van der Waals surface area contributed by atoms with E-state index in [9.17, 15) is 29.1 Å². The molecule has 0 saturated carbocycles. The zero-order valence-corrected chi connectivity index (χ0v) is 19.4. The molecule has 0 aliphatic heterocycles. The number of aliphatic imine (C=N–C) groups is 1. The molecule has 0 saturated heterocycles. The minimum atomic E-state index is -1.58. The number of hydrogen-bond acceptors (Lipinski definition) is 8. The Morgan fingerprint density at radius 3 is 1.94 bits per heavy atom. The van der Waals surface area contributed by atoms with Gasteiger partial charge in [-0.3, -0.25) is 24.2 Å². The van der Waals surface area contributed by atoms with Gasteiger partial charge in [0, 0.05) is 12.3 Å². The molecule has 15 heteroatoms. The van der Waals surface area contributed by atoms with E-state index >= 15 is 0 Å². The molecule has 0 aromatic rings. The second-order valence-corrected chi connectivity index (χ2v) is 7.89. The Bertz CT molecular complexity index is 744. The zero-order valence-electron chi connectivity index (χ0n) is 18.5. The number of rotatable bonds is 15. The smallest absolute Gasteiger partial charge is 0.326 e. The number of thiol groups is 1. The SMILES string of the molecule is CC(C)C(NC(=O)C(CC(=O)O)NC(=O)C(CS)NC(=O)C(N)CCCN=C(N)N)C(=O)O. The van der Waals surface area contributed by atoms with Crippen LogP contribution in [0.5, 0.6) is 0 Å². The lowest BCUT2D eigenvalue weighted by atomic mass is 10.0. The van der Waals surface area contributed by atoms with Crippen LogP contribution >= 0.6 is 12.6 Å². The quantitative estimate of drug-likeness (QED) is 0.0484. The molecular formula is C18H33N7O7S. The maximum atomic E-state index is 12.6.